The molecular weight excluding hydrogens is 222 g/mol. The van der Waals surface area contributed by atoms with E-state index in [4.69, 9.17) is 11.0 Å². The van der Waals surface area contributed by atoms with Gasteiger partial charge in [0.1, 0.15) is 0 Å². The van der Waals surface area contributed by atoms with Crippen LogP contribution in [0.5, 0.6) is 0 Å². The van der Waals surface area contributed by atoms with Crippen molar-refractivity contribution in [2.45, 2.75) is 13.3 Å². The van der Waals surface area contributed by atoms with E-state index < -0.39 is 0 Å². The largest absolute Gasteiger partial charge is 0.397 e. The summed E-state index contributed by atoms with van der Waals surface area (Å²) in [6, 6.07) is 15.5. The van der Waals surface area contributed by atoms with Crippen LogP contribution in [0.2, 0.25) is 0 Å². The molecule has 0 fully saturated rings. The third-order valence-corrected chi connectivity index (χ3v) is 2.80. The summed E-state index contributed by atoms with van der Waals surface area (Å²) in [5.74, 6) is 0. The van der Waals surface area contributed by atoms with Crippen molar-refractivity contribution < 1.29 is 0 Å². The molecular formula is C15H15N3. The highest BCUT2D eigenvalue weighted by Crippen LogP contribution is 2.24. The van der Waals surface area contributed by atoms with Gasteiger partial charge in [0.2, 0.25) is 0 Å². The number of nitrogens with one attached hydrogen (secondary N) is 1. The van der Waals surface area contributed by atoms with E-state index in [1.807, 2.05) is 12.1 Å². The Morgan fingerprint density at radius 2 is 2.06 bits per heavy atom. The minimum Gasteiger partial charge on any atom is -0.397 e. The van der Waals surface area contributed by atoms with Crippen molar-refractivity contribution in [1.82, 2.24) is 0 Å². The lowest BCUT2D eigenvalue weighted by Gasteiger charge is -2.10. The Labute approximate surface area is 107 Å². The van der Waals surface area contributed by atoms with Crippen molar-refractivity contribution in [2.24, 2.45) is 0 Å². The summed E-state index contributed by atoms with van der Waals surface area (Å²) in [5, 5.41) is 12.1. The van der Waals surface area contributed by atoms with Gasteiger partial charge in [-0.15, -0.1) is 0 Å². The Morgan fingerprint density at radius 3 is 2.78 bits per heavy atom. The predicted molar refractivity (Wildman–Crippen MR) is 74.7 cm³/mol. The molecule has 0 saturated heterocycles. The zero-order valence-electron chi connectivity index (χ0n) is 10.3. The Kier molecular flexibility index (Phi) is 3.49. The first-order valence-corrected chi connectivity index (χ1v) is 5.88. The molecule has 3 heteroatoms. The minimum absolute atomic E-state index is 0.596. The Hall–Kier alpha value is -2.47. The molecule has 90 valence electrons. The van der Waals surface area contributed by atoms with Gasteiger partial charge in [-0.1, -0.05) is 19.1 Å². The number of hydrogen-bond acceptors (Lipinski definition) is 3. The number of aryl methyl sites for hydroxylation is 1. The van der Waals surface area contributed by atoms with Crippen molar-refractivity contribution in [1.29, 1.82) is 5.26 Å². The summed E-state index contributed by atoms with van der Waals surface area (Å²) in [6.45, 7) is 2.11. The van der Waals surface area contributed by atoms with E-state index in [0.717, 1.165) is 17.8 Å². The van der Waals surface area contributed by atoms with Gasteiger partial charge in [0.15, 0.2) is 0 Å². The van der Waals surface area contributed by atoms with E-state index in [1.54, 1.807) is 18.2 Å². The molecule has 2 aromatic rings. The second kappa shape index (κ2) is 5.24. The molecule has 0 spiro atoms. The Bertz CT molecular complexity index is 597. The summed E-state index contributed by atoms with van der Waals surface area (Å²) < 4.78 is 0. The van der Waals surface area contributed by atoms with Crippen molar-refractivity contribution in [3.8, 4) is 6.07 Å². The maximum absolute atomic E-state index is 8.88. The van der Waals surface area contributed by atoms with Crippen molar-refractivity contribution >= 4 is 17.1 Å². The number of nitrogens with two attached hydrogens (primary N) is 1. The topological polar surface area (TPSA) is 61.8 Å². The second-order valence-electron chi connectivity index (χ2n) is 4.09. The van der Waals surface area contributed by atoms with Crippen LogP contribution in [0, 0.1) is 11.3 Å². The standard InChI is InChI=1S/C15H15N3/c1-2-11-4-3-5-13(8-11)18-15-9-12(10-16)6-7-14(15)17/h3-9,18H,2,17H2,1H3. The number of nitrogens with zero attached hydrogens (tertiary/aromatic N) is 1. The third-order valence-electron chi connectivity index (χ3n) is 2.80. The molecule has 2 rings (SSSR count). The molecule has 18 heavy (non-hydrogen) atoms. The number of anilines is 3. The van der Waals surface area contributed by atoms with Crippen LogP contribution in [-0.4, -0.2) is 0 Å². The van der Waals surface area contributed by atoms with Crippen LogP contribution < -0.4 is 11.1 Å². The average molecular weight is 237 g/mol. The molecule has 0 aliphatic carbocycles. The minimum atomic E-state index is 0.596. The fourth-order valence-electron chi connectivity index (χ4n) is 1.76. The van der Waals surface area contributed by atoms with Gasteiger partial charge in [0, 0.05) is 5.69 Å². The van der Waals surface area contributed by atoms with Gasteiger partial charge in [-0.2, -0.15) is 5.26 Å². The van der Waals surface area contributed by atoms with Crippen molar-refractivity contribution in [2.75, 3.05) is 11.1 Å². The molecule has 0 bridgehead atoms. The average Bonchev–Trinajstić information content (AvgIpc) is 2.41. The number of hydrogen-bond donors (Lipinski definition) is 2. The second-order valence-corrected chi connectivity index (χ2v) is 4.09. The SMILES string of the molecule is CCc1cccc(Nc2cc(C#N)ccc2N)c1. The molecule has 0 radical (unpaired) electrons. The van der Waals surface area contributed by atoms with Crippen LogP contribution in [0.25, 0.3) is 0 Å². The predicted octanol–water partition coefficient (Wildman–Crippen LogP) is 3.45. The molecule has 3 N–H and O–H groups in total. The van der Waals surface area contributed by atoms with E-state index in [0.29, 0.717) is 11.3 Å². The van der Waals surface area contributed by atoms with Gasteiger partial charge in [0.05, 0.1) is 23.0 Å². The lowest BCUT2D eigenvalue weighted by atomic mass is 10.1. The fraction of sp³-hybridized carbons (Fsp3) is 0.133. The summed E-state index contributed by atoms with van der Waals surface area (Å²) in [6.07, 6.45) is 0.989. The van der Waals surface area contributed by atoms with E-state index in [9.17, 15) is 0 Å². The van der Waals surface area contributed by atoms with Crippen LogP contribution in [0.15, 0.2) is 42.5 Å². The number of nitrogen functional groups attached to an aromatic ring is 1. The Morgan fingerprint density at radius 1 is 1.22 bits per heavy atom. The quantitative estimate of drug-likeness (QED) is 0.804. The van der Waals surface area contributed by atoms with E-state index in [-0.39, 0.29) is 0 Å². The maximum Gasteiger partial charge on any atom is 0.0992 e. The highest BCUT2D eigenvalue weighted by atomic mass is 14.9. The molecule has 0 aliphatic heterocycles. The summed E-state index contributed by atoms with van der Waals surface area (Å²) >= 11 is 0. The zero-order valence-corrected chi connectivity index (χ0v) is 10.3. The van der Waals surface area contributed by atoms with Gasteiger partial charge in [0.25, 0.3) is 0 Å². The van der Waals surface area contributed by atoms with Gasteiger partial charge in [-0.3, -0.25) is 0 Å². The van der Waals surface area contributed by atoms with Crippen LogP contribution in [0.3, 0.4) is 0 Å². The van der Waals surface area contributed by atoms with Crippen molar-refractivity contribution in [3.05, 3.63) is 53.6 Å². The Balaban J connectivity index is 2.30. The number of nitriles is 1. The molecule has 0 aromatic heterocycles. The summed E-state index contributed by atoms with van der Waals surface area (Å²) in [5.41, 5.74) is 10.1. The first-order valence-electron chi connectivity index (χ1n) is 5.88. The first-order chi connectivity index (χ1) is 8.72. The van der Waals surface area contributed by atoms with Crippen molar-refractivity contribution in [3.63, 3.8) is 0 Å². The van der Waals surface area contributed by atoms with Crippen LogP contribution in [0.4, 0.5) is 17.1 Å². The van der Waals surface area contributed by atoms with Crippen LogP contribution in [0.1, 0.15) is 18.1 Å². The molecule has 3 nitrogen and oxygen atoms in total. The van der Waals surface area contributed by atoms with Gasteiger partial charge >= 0.3 is 0 Å². The molecule has 0 heterocycles. The van der Waals surface area contributed by atoms with Gasteiger partial charge in [-0.05, 0) is 42.3 Å². The highest BCUT2D eigenvalue weighted by Gasteiger charge is 2.02. The fourth-order valence-corrected chi connectivity index (χ4v) is 1.76. The molecule has 0 saturated carbocycles. The van der Waals surface area contributed by atoms with Crippen LogP contribution in [-0.2, 0) is 6.42 Å². The molecule has 0 unspecified atom stereocenters. The first kappa shape index (κ1) is 12.0. The molecule has 0 amide bonds. The zero-order chi connectivity index (χ0) is 13.0. The number of benzene rings is 2. The molecule has 0 atom stereocenters. The normalized spacial score (nSPS) is 9.78. The van der Waals surface area contributed by atoms with Gasteiger partial charge in [-0.25, -0.2) is 0 Å². The lowest BCUT2D eigenvalue weighted by Crippen LogP contribution is -1.97. The highest BCUT2D eigenvalue weighted by molar-refractivity contribution is 5.74. The molecule has 0 aliphatic rings. The van der Waals surface area contributed by atoms with E-state index in [1.165, 1.54) is 5.56 Å². The lowest BCUT2D eigenvalue weighted by molar-refractivity contribution is 1.14. The smallest absolute Gasteiger partial charge is 0.0992 e. The maximum atomic E-state index is 8.88. The van der Waals surface area contributed by atoms with Crippen LogP contribution >= 0.6 is 0 Å². The van der Waals surface area contributed by atoms with E-state index >= 15 is 0 Å². The number of rotatable bonds is 3. The summed E-state index contributed by atoms with van der Waals surface area (Å²) in [4.78, 5) is 0. The van der Waals surface area contributed by atoms with Gasteiger partial charge < -0.3 is 11.1 Å². The monoisotopic (exact) mass is 237 g/mol. The molecule has 2 aromatic carbocycles. The third kappa shape index (κ3) is 2.61. The summed E-state index contributed by atoms with van der Waals surface area (Å²) in [7, 11) is 0. The van der Waals surface area contributed by atoms with E-state index in [2.05, 4.69) is 30.4 Å².